The molecule has 1 amide bonds. The fraction of sp³-hybridized carbons (Fsp3) is 0.227. The molecule has 3 aromatic rings. The van der Waals surface area contributed by atoms with E-state index < -0.39 is 0 Å². The maximum atomic E-state index is 13.4. The molecular weight excluding hydrogens is 378 g/mol. The number of halogens is 2. The summed E-state index contributed by atoms with van der Waals surface area (Å²) in [7, 11) is 0. The van der Waals surface area contributed by atoms with Crippen LogP contribution >= 0.6 is 11.3 Å². The second kappa shape index (κ2) is 8.20. The third-order valence-corrected chi connectivity index (χ3v) is 5.96. The number of amides is 1. The Balaban J connectivity index is 1.55. The number of carbonyl (C=O) groups excluding carboxylic acids is 1. The number of carbonyl (C=O) groups is 1. The number of piperazine rings is 1. The van der Waals surface area contributed by atoms with E-state index in [-0.39, 0.29) is 23.6 Å². The monoisotopic (exact) mass is 399 g/mol. The summed E-state index contributed by atoms with van der Waals surface area (Å²) in [5, 5.41) is 3.79. The molecule has 1 aliphatic heterocycles. The molecule has 1 aliphatic rings. The molecule has 2 heterocycles. The Morgan fingerprint density at radius 3 is 1.89 bits per heavy atom. The van der Waals surface area contributed by atoms with Crippen molar-refractivity contribution in [2.45, 2.75) is 6.04 Å². The number of quaternary nitrogens is 1. The van der Waals surface area contributed by atoms with Crippen molar-refractivity contribution in [3.8, 4) is 0 Å². The van der Waals surface area contributed by atoms with Gasteiger partial charge >= 0.3 is 0 Å². The lowest BCUT2D eigenvalue weighted by Gasteiger charge is -2.37. The molecule has 6 heteroatoms. The Hall–Kier alpha value is -2.57. The van der Waals surface area contributed by atoms with Gasteiger partial charge in [-0.1, -0.05) is 0 Å². The second-order valence-electron chi connectivity index (χ2n) is 7.00. The van der Waals surface area contributed by atoms with Gasteiger partial charge in [0.2, 0.25) is 0 Å². The number of rotatable bonds is 4. The minimum Gasteiger partial charge on any atom is -0.327 e. The van der Waals surface area contributed by atoms with Crippen molar-refractivity contribution in [2.24, 2.45) is 0 Å². The van der Waals surface area contributed by atoms with E-state index in [2.05, 4.69) is 0 Å². The van der Waals surface area contributed by atoms with Crippen molar-refractivity contribution in [3.05, 3.63) is 93.7 Å². The summed E-state index contributed by atoms with van der Waals surface area (Å²) in [6.45, 7) is 2.86. The van der Waals surface area contributed by atoms with Crippen molar-refractivity contribution in [1.29, 1.82) is 0 Å². The summed E-state index contributed by atoms with van der Waals surface area (Å²) in [4.78, 5) is 15.8. The zero-order chi connectivity index (χ0) is 19.5. The Labute approximate surface area is 166 Å². The number of nitrogens with zero attached hydrogens (tertiary/aromatic N) is 1. The highest BCUT2D eigenvalue weighted by Crippen LogP contribution is 2.21. The third-order valence-electron chi connectivity index (χ3n) is 5.28. The van der Waals surface area contributed by atoms with Crippen LogP contribution in [0.25, 0.3) is 0 Å². The average Bonchev–Trinajstić information content (AvgIpc) is 3.26. The van der Waals surface area contributed by atoms with Crippen molar-refractivity contribution in [1.82, 2.24) is 4.90 Å². The SMILES string of the molecule is O=C(c1ccsc1)N1CC[NH+](C(c2ccc(F)cc2)c2ccc(F)cc2)CC1. The van der Waals surface area contributed by atoms with Gasteiger partial charge in [-0.15, -0.1) is 0 Å². The lowest BCUT2D eigenvalue weighted by atomic mass is 9.96. The van der Waals surface area contributed by atoms with Crippen LogP contribution in [0.2, 0.25) is 0 Å². The van der Waals surface area contributed by atoms with Crippen LogP contribution in [0.1, 0.15) is 27.5 Å². The molecule has 2 aromatic carbocycles. The highest BCUT2D eigenvalue weighted by molar-refractivity contribution is 7.08. The summed E-state index contributed by atoms with van der Waals surface area (Å²) in [6, 6.07) is 14.8. The maximum absolute atomic E-state index is 13.4. The lowest BCUT2D eigenvalue weighted by Crippen LogP contribution is -3.15. The van der Waals surface area contributed by atoms with Gasteiger partial charge in [0.25, 0.3) is 5.91 Å². The number of hydrogen-bond donors (Lipinski definition) is 1. The first kappa shape index (κ1) is 18.8. The van der Waals surface area contributed by atoms with E-state index in [1.165, 1.54) is 40.5 Å². The summed E-state index contributed by atoms with van der Waals surface area (Å²) in [6.07, 6.45) is 0. The molecule has 0 saturated carbocycles. The lowest BCUT2D eigenvalue weighted by molar-refractivity contribution is -0.929. The van der Waals surface area contributed by atoms with Gasteiger partial charge < -0.3 is 9.80 Å². The first-order chi connectivity index (χ1) is 13.6. The van der Waals surface area contributed by atoms with Gasteiger partial charge in [-0.05, 0) is 60.0 Å². The van der Waals surface area contributed by atoms with Crippen LogP contribution < -0.4 is 4.90 Å². The number of benzene rings is 2. The summed E-state index contributed by atoms with van der Waals surface area (Å²) in [5.74, 6) is -0.481. The van der Waals surface area contributed by atoms with Crippen molar-refractivity contribution >= 4 is 17.2 Å². The Morgan fingerprint density at radius 2 is 1.43 bits per heavy atom. The smallest absolute Gasteiger partial charge is 0.255 e. The number of hydrogen-bond acceptors (Lipinski definition) is 2. The molecule has 0 spiro atoms. The van der Waals surface area contributed by atoms with E-state index in [1.807, 2.05) is 21.7 Å². The van der Waals surface area contributed by atoms with Crippen LogP contribution in [0.15, 0.2) is 65.4 Å². The largest absolute Gasteiger partial charge is 0.327 e. The van der Waals surface area contributed by atoms with Crippen LogP contribution in [0, 0.1) is 11.6 Å². The standard InChI is InChI=1S/C22H20F2N2OS/c23-19-5-1-16(2-6-19)21(17-3-7-20(24)8-4-17)25-10-12-26(13-11-25)22(27)18-9-14-28-15-18/h1-9,14-15,21H,10-13H2/p+1. The van der Waals surface area contributed by atoms with Gasteiger partial charge in [0.1, 0.15) is 17.7 Å². The average molecular weight is 399 g/mol. The Bertz CT molecular complexity index is 873. The van der Waals surface area contributed by atoms with Crippen LogP contribution in [0.4, 0.5) is 8.78 Å². The van der Waals surface area contributed by atoms with E-state index in [0.717, 1.165) is 29.8 Å². The van der Waals surface area contributed by atoms with Crippen molar-refractivity contribution in [3.63, 3.8) is 0 Å². The molecule has 0 atom stereocenters. The minimum atomic E-state index is -0.275. The quantitative estimate of drug-likeness (QED) is 0.716. The van der Waals surface area contributed by atoms with Gasteiger partial charge in [-0.25, -0.2) is 8.78 Å². The van der Waals surface area contributed by atoms with Crippen LogP contribution in [0.3, 0.4) is 0 Å². The van der Waals surface area contributed by atoms with E-state index in [1.54, 1.807) is 24.3 Å². The molecule has 1 saturated heterocycles. The molecule has 1 aromatic heterocycles. The third kappa shape index (κ3) is 3.98. The highest BCUT2D eigenvalue weighted by atomic mass is 32.1. The van der Waals surface area contributed by atoms with Crippen LogP contribution in [0.5, 0.6) is 0 Å². The number of nitrogens with one attached hydrogen (secondary N) is 1. The molecule has 1 fully saturated rings. The highest BCUT2D eigenvalue weighted by Gasteiger charge is 2.32. The zero-order valence-electron chi connectivity index (χ0n) is 15.3. The van der Waals surface area contributed by atoms with Crippen molar-refractivity contribution in [2.75, 3.05) is 26.2 Å². The van der Waals surface area contributed by atoms with Gasteiger partial charge in [-0.2, -0.15) is 11.3 Å². The van der Waals surface area contributed by atoms with Crippen LogP contribution in [-0.4, -0.2) is 37.0 Å². The molecule has 1 N–H and O–H groups in total. The summed E-state index contributed by atoms with van der Waals surface area (Å²) < 4.78 is 26.8. The summed E-state index contributed by atoms with van der Waals surface area (Å²) >= 11 is 1.52. The summed E-state index contributed by atoms with van der Waals surface area (Å²) in [5.41, 5.74) is 2.71. The fourth-order valence-electron chi connectivity index (χ4n) is 3.83. The normalized spacial score (nSPS) is 15.2. The predicted octanol–water partition coefficient (Wildman–Crippen LogP) is 3.16. The maximum Gasteiger partial charge on any atom is 0.255 e. The molecule has 0 radical (unpaired) electrons. The molecule has 28 heavy (non-hydrogen) atoms. The zero-order valence-corrected chi connectivity index (χ0v) is 16.1. The van der Waals surface area contributed by atoms with Gasteiger partial charge in [-0.3, -0.25) is 4.79 Å². The van der Waals surface area contributed by atoms with E-state index in [4.69, 9.17) is 0 Å². The second-order valence-corrected chi connectivity index (χ2v) is 7.78. The molecule has 0 aliphatic carbocycles. The molecule has 0 unspecified atom stereocenters. The van der Waals surface area contributed by atoms with Gasteiger partial charge in [0.15, 0.2) is 0 Å². The fourth-order valence-corrected chi connectivity index (χ4v) is 4.46. The Kier molecular flexibility index (Phi) is 5.50. The Morgan fingerprint density at radius 1 is 0.893 bits per heavy atom. The van der Waals surface area contributed by atoms with Crippen LogP contribution in [-0.2, 0) is 0 Å². The first-order valence-corrected chi connectivity index (χ1v) is 10.2. The molecule has 3 nitrogen and oxygen atoms in total. The molecule has 4 rings (SSSR count). The molecule has 0 bridgehead atoms. The molecule has 144 valence electrons. The predicted molar refractivity (Wildman–Crippen MR) is 106 cm³/mol. The van der Waals surface area contributed by atoms with Crippen molar-refractivity contribution < 1.29 is 18.5 Å². The van der Waals surface area contributed by atoms with E-state index in [9.17, 15) is 13.6 Å². The van der Waals surface area contributed by atoms with E-state index in [0.29, 0.717) is 13.1 Å². The van der Waals surface area contributed by atoms with Gasteiger partial charge in [0.05, 0.1) is 31.7 Å². The molecular formula is C22H21F2N2OS+. The number of thiophene rings is 1. The minimum absolute atomic E-state index is 0.0281. The first-order valence-electron chi connectivity index (χ1n) is 9.29. The topological polar surface area (TPSA) is 24.8 Å². The van der Waals surface area contributed by atoms with Gasteiger partial charge in [0, 0.05) is 16.5 Å². The van der Waals surface area contributed by atoms with E-state index >= 15 is 0 Å².